The Hall–Kier alpha value is -1.56. The molecule has 0 unspecified atom stereocenters. The van der Waals surface area contributed by atoms with Crippen molar-refractivity contribution in [2.45, 2.75) is 0 Å². The molecule has 2 heterocycles. The van der Waals surface area contributed by atoms with Gasteiger partial charge in [0.05, 0.1) is 0 Å². The second-order valence-corrected chi connectivity index (χ2v) is 4.01. The zero-order valence-corrected chi connectivity index (χ0v) is 9.56. The summed E-state index contributed by atoms with van der Waals surface area (Å²) in [5.41, 5.74) is 0.0972. The number of anilines is 1. The minimum absolute atomic E-state index is 0.218. The van der Waals surface area contributed by atoms with Gasteiger partial charge >= 0.3 is 5.69 Å². The Morgan fingerprint density at radius 2 is 1.81 bits per heavy atom. The van der Waals surface area contributed by atoms with Crippen molar-refractivity contribution in [2.24, 2.45) is 14.1 Å². The highest BCUT2D eigenvalue weighted by Gasteiger charge is 2.16. The molecule has 0 saturated carbocycles. The molecule has 1 aliphatic rings. The van der Waals surface area contributed by atoms with E-state index in [1.165, 1.54) is 11.6 Å². The van der Waals surface area contributed by atoms with Gasteiger partial charge in [-0.05, 0) is 0 Å². The highest BCUT2D eigenvalue weighted by Crippen LogP contribution is 2.06. The third-order valence-corrected chi connectivity index (χ3v) is 2.89. The van der Waals surface area contributed by atoms with Crippen LogP contribution in [0.4, 0.5) is 5.69 Å². The highest BCUT2D eigenvalue weighted by molar-refractivity contribution is 5.42. The number of nitrogens with one attached hydrogen (secondary N) is 1. The zero-order chi connectivity index (χ0) is 11.7. The van der Waals surface area contributed by atoms with Crippen molar-refractivity contribution in [3.8, 4) is 0 Å². The highest BCUT2D eigenvalue weighted by atomic mass is 16.2. The third-order valence-electron chi connectivity index (χ3n) is 2.89. The summed E-state index contributed by atoms with van der Waals surface area (Å²) in [5.74, 6) is 0. The van der Waals surface area contributed by atoms with Crippen molar-refractivity contribution in [1.82, 2.24) is 14.5 Å². The van der Waals surface area contributed by atoms with Crippen molar-refractivity contribution in [2.75, 3.05) is 31.1 Å². The van der Waals surface area contributed by atoms with Gasteiger partial charge in [0.1, 0.15) is 5.69 Å². The summed E-state index contributed by atoms with van der Waals surface area (Å²) < 4.78 is 2.59. The molecule has 2 rings (SSSR count). The van der Waals surface area contributed by atoms with Gasteiger partial charge in [0.2, 0.25) is 0 Å². The molecule has 6 nitrogen and oxygen atoms in total. The van der Waals surface area contributed by atoms with E-state index in [2.05, 4.69) is 5.32 Å². The fraction of sp³-hybridized carbons (Fsp3) is 0.600. The van der Waals surface area contributed by atoms with Crippen LogP contribution >= 0.6 is 0 Å². The van der Waals surface area contributed by atoms with E-state index in [4.69, 9.17) is 0 Å². The lowest BCUT2D eigenvalue weighted by Gasteiger charge is -2.29. The smallest absolute Gasteiger partial charge is 0.330 e. The molecule has 1 aromatic rings. The van der Waals surface area contributed by atoms with Gasteiger partial charge in [-0.3, -0.25) is 9.36 Å². The third kappa shape index (κ3) is 1.76. The average molecular weight is 224 g/mol. The van der Waals surface area contributed by atoms with Gasteiger partial charge in [-0.1, -0.05) is 0 Å². The first kappa shape index (κ1) is 10.9. The minimum Gasteiger partial charge on any atom is -0.363 e. The average Bonchev–Trinajstić information content (AvgIpc) is 2.32. The van der Waals surface area contributed by atoms with Crippen molar-refractivity contribution >= 4 is 5.69 Å². The molecular formula is C10H16N4O2. The summed E-state index contributed by atoms with van der Waals surface area (Å²) in [6.07, 6.45) is 1.62. The van der Waals surface area contributed by atoms with E-state index < -0.39 is 0 Å². The van der Waals surface area contributed by atoms with Gasteiger partial charge in [0, 0.05) is 46.5 Å². The van der Waals surface area contributed by atoms with Gasteiger partial charge < -0.3 is 14.8 Å². The second-order valence-electron chi connectivity index (χ2n) is 4.01. The normalized spacial score (nSPS) is 16.5. The molecule has 0 aliphatic carbocycles. The Labute approximate surface area is 93.1 Å². The molecule has 16 heavy (non-hydrogen) atoms. The van der Waals surface area contributed by atoms with E-state index in [0.29, 0.717) is 5.69 Å². The standard InChI is InChI=1S/C10H16N4O2/c1-12-7-8(9(15)13(2)10(12)16)14-5-3-11-4-6-14/h7,11H,3-6H2,1-2H3. The number of hydrogen-bond acceptors (Lipinski definition) is 4. The SMILES string of the molecule is Cn1cc(N2CCNCC2)c(=O)n(C)c1=O. The fourth-order valence-electron chi connectivity index (χ4n) is 1.91. The fourth-order valence-corrected chi connectivity index (χ4v) is 1.91. The predicted molar refractivity (Wildman–Crippen MR) is 62.0 cm³/mol. The molecule has 1 N–H and O–H groups in total. The molecule has 6 heteroatoms. The number of rotatable bonds is 1. The molecule has 0 bridgehead atoms. The van der Waals surface area contributed by atoms with Crippen LogP contribution in [0.25, 0.3) is 0 Å². The number of hydrogen-bond donors (Lipinski definition) is 1. The van der Waals surface area contributed by atoms with Gasteiger partial charge in [-0.2, -0.15) is 0 Å². The Balaban J connectivity index is 2.48. The van der Waals surface area contributed by atoms with Gasteiger partial charge in [0.25, 0.3) is 5.56 Å². The van der Waals surface area contributed by atoms with Crippen LogP contribution in [0.5, 0.6) is 0 Å². The molecule has 0 spiro atoms. The van der Waals surface area contributed by atoms with Gasteiger partial charge in [0.15, 0.2) is 0 Å². The molecule has 88 valence electrons. The van der Waals surface area contributed by atoms with Crippen LogP contribution in [-0.4, -0.2) is 35.3 Å². The van der Waals surface area contributed by atoms with Crippen molar-refractivity contribution < 1.29 is 0 Å². The van der Waals surface area contributed by atoms with E-state index in [1.54, 1.807) is 13.2 Å². The topological polar surface area (TPSA) is 59.3 Å². The first-order valence-corrected chi connectivity index (χ1v) is 5.33. The van der Waals surface area contributed by atoms with E-state index in [1.807, 2.05) is 4.90 Å². The Bertz CT molecular complexity index is 497. The maximum atomic E-state index is 11.9. The number of piperazine rings is 1. The van der Waals surface area contributed by atoms with Crippen LogP contribution in [0.2, 0.25) is 0 Å². The largest absolute Gasteiger partial charge is 0.363 e. The molecule has 0 aromatic carbocycles. The Morgan fingerprint density at radius 3 is 2.44 bits per heavy atom. The van der Waals surface area contributed by atoms with E-state index >= 15 is 0 Å². The molecule has 0 amide bonds. The lowest BCUT2D eigenvalue weighted by atomic mass is 10.3. The van der Waals surface area contributed by atoms with Crippen molar-refractivity contribution in [3.05, 3.63) is 27.0 Å². The molecule has 0 atom stereocenters. The van der Waals surface area contributed by atoms with E-state index in [-0.39, 0.29) is 11.2 Å². The van der Waals surface area contributed by atoms with Crippen LogP contribution in [-0.2, 0) is 14.1 Å². The first-order chi connectivity index (χ1) is 7.61. The summed E-state index contributed by atoms with van der Waals surface area (Å²) in [6.45, 7) is 3.33. The maximum Gasteiger partial charge on any atom is 0.330 e. The first-order valence-electron chi connectivity index (χ1n) is 5.33. The van der Waals surface area contributed by atoms with Crippen molar-refractivity contribution in [3.63, 3.8) is 0 Å². The molecule has 1 aromatic heterocycles. The molecular weight excluding hydrogens is 208 g/mol. The van der Waals surface area contributed by atoms with Gasteiger partial charge in [-0.15, -0.1) is 0 Å². The molecule has 0 radical (unpaired) electrons. The number of aryl methyl sites for hydroxylation is 1. The Kier molecular flexibility index (Phi) is 2.82. The summed E-state index contributed by atoms with van der Waals surface area (Å²) in [7, 11) is 3.17. The van der Waals surface area contributed by atoms with E-state index in [0.717, 1.165) is 30.7 Å². The van der Waals surface area contributed by atoms with Crippen LogP contribution < -0.4 is 21.5 Å². The van der Waals surface area contributed by atoms with Crippen LogP contribution in [0.3, 0.4) is 0 Å². The monoisotopic (exact) mass is 224 g/mol. The minimum atomic E-state index is -0.288. The quantitative estimate of drug-likeness (QED) is 0.630. The summed E-state index contributed by atoms with van der Waals surface area (Å²) >= 11 is 0. The Morgan fingerprint density at radius 1 is 1.19 bits per heavy atom. The van der Waals surface area contributed by atoms with Crippen LogP contribution in [0, 0.1) is 0 Å². The lowest BCUT2D eigenvalue weighted by Crippen LogP contribution is -2.48. The summed E-state index contributed by atoms with van der Waals surface area (Å²) in [5, 5.41) is 3.23. The summed E-state index contributed by atoms with van der Waals surface area (Å²) in [4.78, 5) is 25.5. The maximum absolute atomic E-state index is 11.9. The van der Waals surface area contributed by atoms with E-state index in [9.17, 15) is 9.59 Å². The molecule has 1 fully saturated rings. The van der Waals surface area contributed by atoms with Gasteiger partial charge in [-0.25, -0.2) is 4.79 Å². The van der Waals surface area contributed by atoms with Crippen LogP contribution in [0.15, 0.2) is 15.8 Å². The van der Waals surface area contributed by atoms with Crippen molar-refractivity contribution in [1.29, 1.82) is 0 Å². The predicted octanol–water partition coefficient (Wildman–Crippen LogP) is -1.51. The number of aromatic nitrogens is 2. The molecule has 1 saturated heterocycles. The summed E-state index contributed by atoms with van der Waals surface area (Å²) in [6, 6.07) is 0. The second kappa shape index (κ2) is 4.13. The zero-order valence-electron chi connectivity index (χ0n) is 9.56. The van der Waals surface area contributed by atoms with Crippen LogP contribution in [0.1, 0.15) is 0 Å². The lowest BCUT2D eigenvalue weighted by molar-refractivity contribution is 0.578. The molecule has 1 aliphatic heterocycles. The number of nitrogens with zero attached hydrogens (tertiary/aromatic N) is 3.